The first-order valence-corrected chi connectivity index (χ1v) is 8.65. The maximum absolute atomic E-state index is 2.32. The van der Waals surface area contributed by atoms with Crippen LogP contribution in [0.2, 0.25) is 0 Å². The summed E-state index contributed by atoms with van der Waals surface area (Å²) in [5.74, 6) is 0. The molecule has 2 aromatic rings. The predicted octanol–water partition coefficient (Wildman–Crippen LogP) is 6.24. The lowest BCUT2D eigenvalue weighted by Crippen LogP contribution is -1.92. The number of unbranched alkanes of at least 4 members (excludes halogenated alkanes) is 1. The zero-order valence-corrected chi connectivity index (χ0v) is 14.0. The molecule has 116 valence electrons. The topological polar surface area (TPSA) is 0 Å². The van der Waals surface area contributed by atoms with Gasteiger partial charge < -0.3 is 0 Å². The Kier molecular flexibility index (Phi) is 6.96. The van der Waals surface area contributed by atoms with Crippen LogP contribution < -0.4 is 0 Å². The van der Waals surface area contributed by atoms with E-state index in [1.54, 1.807) is 0 Å². The van der Waals surface area contributed by atoms with Gasteiger partial charge in [-0.15, -0.1) is 0 Å². The van der Waals surface area contributed by atoms with Crippen LogP contribution in [0.25, 0.3) is 6.08 Å². The number of aryl methyl sites for hydroxylation is 3. The molecule has 0 spiro atoms. The number of benzene rings is 2. The average Bonchev–Trinajstić information content (AvgIpc) is 2.55. The average molecular weight is 292 g/mol. The Morgan fingerprint density at radius 1 is 0.727 bits per heavy atom. The summed E-state index contributed by atoms with van der Waals surface area (Å²) in [5.41, 5.74) is 5.64. The second kappa shape index (κ2) is 9.25. The zero-order chi connectivity index (χ0) is 15.6. The smallest absolute Gasteiger partial charge is 0.0238 e. The molecule has 0 aromatic heterocycles. The van der Waals surface area contributed by atoms with E-state index in [-0.39, 0.29) is 0 Å². The minimum absolute atomic E-state index is 1.11. The highest BCUT2D eigenvalue weighted by molar-refractivity contribution is 5.50. The quantitative estimate of drug-likeness (QED) is 0.540. The molecule has 0 nitrogen and oxygen atoms in total. The van der Waals surface area contributed by atoms with Crippen molar-refractivity contribution >= 4 is 6.08 Å². The maximum Gasteiger partial charge on any atom is -0.0238 e. The van der Waals surface area contributed by atoms with Gasteiger partial charge >= 0.3 is 0 Å². The number of allylic oxidation sites excluding steroid dienone is 1. The Bertz CT molecular complexity index is 575. The van der Waals surface area contributed by atoms with Crippen LogP contribution in [-0.2, 0) is 19.3 Å². The van der Waals surface area contributed by atoms with Gasteiger partial charge in [0.05, 0.1) is 0 Å². The van der Waals surface area contributed by atoms with E-state index < -0.39 is 0 Å². The molecule has 0 unspecified atom stereocenters. The lowest BCUT2D eigenvalue weighted by atomic mass is 10.0. The Morgan fingerprint density at radius 2 is 1.41 bits per heavy atom. The normalized spacial score (nSPS) is 11.2. The van der Waals surface area contributed by atoms with Crippen molar-refractivity contribution in [3.63, 3.8) is 0 Å². The van der Waals surface area contributed by atoms with E-state index in [2.05, 4.69) is 74.5 Å². The minimum Gasteiger partial charge on any atom is -0.0840 e. The van der Waals surface area contributed by atoms with Crippen LogP contribution in [0.3, 0.4) is 0 Å². The molecule has 2 rings (SSSR count). The number of rotatable bonds is 8. The summed E-state index contributed by atoms with van der Waals surface area (Å²) in [4.78, 5) is 0. The lowest BCUT2D eigenvalue weighted by Gasteiger charge is -2.05. The largest absolute Gasteiger partial charge is 0.0840 e. The first kappa shape index (κ1) is 16.5. The van der Waals surface area contributed by atoms with Crippen molar-refractivity contribution in [2.24, 2.45) is 0 Å². The summed E-state index contributed by atoms with van der Waals surface area (Å²) in [7, 11) is 0. The van der Waals surface area contributed by atoms with Crippen molar-refractivity contribution in [2.75, 3.05) is 0 Å². The van der Waals surface area contributed by atoms with Crippen LogP contribution in [0.15, 0.2) is 54.6 Å². The van der Waals surface area contributed by atoms with Crippen LogP contribution in [0.5, 0.6) is 0 Å². The number of hydrogen-bond acceptors (Lipinski definition) is 0. The molecule has 22 heavy (non-hydrogen) atoms. The van der Waals surface area contributed by atoms with Gasteiger partial charge in [-0.2, -0.15) is 0 Å². The Hall–Kier alpha value is -1.82. The Morgan fingerprint density at radius 3 is 2.09 bits per heavy atom. The van der Waals surface area contributed by atoms with Gasteiger partial charge in [0, 0.05) is 0 Å². The van der Waals surface area contributed by atoms with E-state index in [1.165, 1.54) is 41.5 Å². The third-order valence-electron chi connectivity index (χ3n) is 3.98. The highest BCUT2D eigenvalue weighted by Gasteiger charge is 1.98. The van der Waals surface area contributed by atoms with E-state index in [1.807, 2.05) is 0 Å². The van der Waals surface area contributed by atoms with Gasteiger partial charge in [0.1, 0.15) is 0 Å². The van der Waals surface area contributed by atoms with Crippen molar-refractivity contribution in [3.05, 3.63) is 76.9 Å². The van der Waals surface area contributed by atoms with Crippen molar-refractivity contribution in [1.82, 2.24) is 0 Å². The number of hydrogen-bond donors (Lipinski definition) is 0. The van der Waals surface area contributed by atoms with Crippen LogP contribution in [0.1, 0.15) is 55.4 Å². The molecular weight excluding hydrogens is 264 g/mol. The molecule has 0 heteroatoms. The third-order valence-corrected chi connectivity index (χ3v) is 3.98. The molecule has 0 radical (unpaired) electrons. The van der Waals surface area contributed by atoms with Crippen LogP contribution in [-0.4, -0.2) is 0 Å². The van der Waals surface area contributed by atoms with E-state index in [4.69, 9.17) is 0 Å². The molecule has 0 aliphatic rings. The molecule has 0 aliphatic carbocycles. The molecule has 0 aliphatic heterocycles. The van der Waals surface area contributed by atoms with Crippen LogP contribution in [0, 0.1) is 0 Å². The molecule has 0 atom stereocenters. The fraction of sp³-hybridized carbons (Fsp3) is 0.364. The standard InChI is InChI=1S/C22H28/c1-3-5-6-9-21-10-7-11-22(18-21)17-16-20-14-12-19(8-4-2)13-15-20/h6-7,9-15,18H,3-5,8,16-17H2,1-2H3/b9-6+. The molecule has 0 heterocycles. The van der Waals surface area contributed by atoms with Gasteiger partial charge in [0.15, 0.2) is 0 Å². The monoisotopic (exact) mass is 292 g/mol. The highest BCUT2D eigenvalue weighted by atomic mass is 14.0. The first-order valence-electron chi connectivity index (χ1n) is 8.65. The summed E-state index contributed by atoms with van der Waals surface area (Å²) < 4.78 is 0. The lowest BCUT2D eigenvalue weighted by molar-refractivity contribution is 0.914. The van der Waals surface area contributed by atoms with Crippen molar-refractivity contribution in [1.29, 1.82) is 0 Å². The molecule has 0 N–H and O–H groups in total. The van der Waals surface area contributed by atoms with E-state index in [0.717, 1.165) is 19.3 Å². The van der Waals surface area contributed by atoms with Gasteiger partial charge in [-0.1, -0.05) is 87.4 Å². The van der Waals surface area contributed by atoms with Gasteiger partial charge in [-0.05, 0) is 47.9 Å². The summed E-state index contributed by atoms with van der Waals surface area (Å²) in [6.07, 6.45) is 11.5. The van der Waals surface area contributed by atoms with E-state index in [9.17, 15) is 0 Å². The summed E-state index contributed by atoms with van der Waals surface area (Å²) in [6.45, 7) is 4.45. The van der Waals surface area contributed by atoms with Gasteiger partial charge in [-0.3, -0.25) is 0 Å². The molecule has 0 amide bonds. The molecular formula is C22H28. The van der Waals surface area contributed by atoms with Gasteiger partial charge in [-0.25, -0.2) is 0 Å². The van der Waals surface area contributed by atoms with E-state index in [0.29, 0.717) is 0 Å². The first-order chi connectivity index (χ1) is 10.8. The van der Waals surface area contributed by atoms with Gasteiger partial charge in [0.25, 0.3) is 0 Å². The van der Waals surface area contributed by atoms with Crippen molar-refractivity contribution in [2.45, 2.75) is 52.4 Å². The summed E-state index contributed by atoms with van der Waals surface area (Å²) in [5, 5.41) is 0. The second-order valence-corrected chi connectivity index (χ2v) is 6.00. The minimum atomic E-state index is 1.11. The Balaban J connectivity index is 1.92. The SMILES string of the molecule is CCC/C=C/c1cccc(CCc2ccc(CCC)cc2)c1. The third kappa shape index (κ3) is 5.52. The zero-order valence-electron chi connectivity index (χ0n) is 14.0. The molecule has 0 fully saturated rings. The summed E-state index contributed by atoms with van der Waals surface area (Å²) in [6, 6.07) is 18.1. The maximum atomic E-state index is 2.32. The second-order valence-electron chi connectivity index (χ2n) is 6.00. The van der Waals surface area contributed by atoms with Crippen molar-refractivity contribution in [3.8, 4) is 0 Å². The molecule has 0 saturated heterocycles. The van der Waals surface area contributed by atoms with E-state index >= 15 is 0 Å². The fourth-order valence-electron chi connectivity index (χ4n) is 2.69. The Labute approximate surface area is 135 Å². The molecule has 0 saturated carbocycles. The van der Waals surface area contributed by atoms with Crippen LogP contribution >= 0.6 is 0 Å². The van der Waals surface area contributed by atoms with Crippen molar-refractivity contribution < 1.29 is 0 Å². The highest BCUT2D eigenvalue weighted by Crippen LogP contribution is 2.13. The fourth-order valence-corrected chi connectivity index (χ4v) is 2.69. The van der Waals surface area contributed by atoms with Crippen LogP contribution in [0.4, 0.5) is 0 Å². The van der Waals surface area contributed by atoms with Gasteiger partial charge in [0.2, 0.25) is 0 Å². The molecule has 0 bridgehead atoms. The predicted molar refractivity (Wildman–Crippen MR) is 98.2 cm³/mol. The summed E-state index contributed by atoms with van der Waals surface area (Å²) >= 11 is 0. The molecule has 2 aromatic carbocycles.